The van der Waals surface area contributed by atoms with Crippen molar-refractivity contribution in [1.82, 2.24) is 14.8 Å². The fourth-order valence-corrected chi connectivity index (χ4v) is 3.08. The molecule has 0 amide bonds. The molecule has 0 fully saturated rings. The van der Waals surface area contributed by atoms with Gasteiger partial charge in [0, 0.05) is 17.1 Å². The van der Waals surface area contributed by atoms with Crippen LogP contribution in [0.3, 0.4) is 0 Å². The molecule has 0 bridgehead atoms. The van der Waals surface area contributed by atoms with Crippen LogP contribution in [-0.2, 0) is 0 Å². The maximum Gasteiger partial charge on any atom is 0.335 e. The van der Waals surface area contributed by atoms with Gasteiger partial charge >= 0.3 is 5.97 Å². The van der Waals surface area contributed by atoms with Gasteiger partial charge in [-0.15, -0.1) is 0 Å². The lowest BCUT2D eigenvalue weighted by Gasteiger charge is -2.09. The largest absolute Gasteiger partial charge is 0.478 e. The summed E-state index contributed by atoms with van der Waals surface area (Å²) in [4.78, 5) is 16.1. The third kappa shape index (κ3) is 2.63. The van der Waals surface area contributed by atoms with Crippen molar-refractivity contribution in [3.63, 3.8) is 0 Å². The number of aromatic carboxylic acids is 1. The molecule has 2 heterocycles. The van der Waals surface area contributed by atoms with Crippen LogP contribution in [0.2, 0.25) is 0 Å². The Hall–Kier alpha value is -3.47. The highest BCUT2D eigenvalue weighted by Gasteiger charge is 2.16. The molecule has 0 saturated heterocycles. The van der Waals surface area contributed by atoms with E-state index in [0.717, 1.165) is 39.0 Å². The zero-order chi connectivity index (χ0) is 18.3. The monoisotopic (exact) mass is 343 g/mol. The molecule has 1 N–H and O–H groups in total. The van der Waals surface area contributed by atoms with Crippen molar-refractivity contribution in [1.29, 1.82) is 0 Å². The summed E-state index contributed by atoms with van der Waals surface area (Å²) in [6.45, 7) is 3.97. The number of nitrogens with zero attached hydrogens (tertiary/aromatic N) is 3. The van der Waals surface area contributed by atoms with Gasteiger partial charge in [-0.3, -0.25) is 4.98 Å². The molecule has 26 heavy (non-hydrogen) atoms. The highest BCUT2D eigenvalue weighted by Crippen LogP contribution is 2.31. The zero-order valence-corrected chi connectivity index (χ0v) is 14.5. The molecule has 5 heteroatoms. The summed E-state index contributed by atoms with van der Waals surface area (Å²) in [6, 6.07) is 15.1. The number of carbonyl (C=O) groups is 1. The Kier molecular flexibility index (Phi) is 3.77. The summed E-state index contributed by atoms with van der Waals surface area (Å²) in [6.07, 6.45) is 3.55. The second kappa shape index (κ2) is 6.11. The second-order valence-corrected chi connectivity index (χ2v) is 6.33. The minimum atomic E-state index is -0.974. The van der Waals surface area contributed by atoms with Gasteiger partial charge in [0.2, 0.25) is 0 Å². The minimum absolute atomic E-state index is 0.213. The number of rotatable bonds is 3. The smallest absolute Gasteiger partial charge is 0.335 e. The number of carboxylic acid groups (broad SMARTS) is 1. The molecule has 2 aromatic heterocycles. The minimum Gasteiger partial charge on any atom is -0.478 e. The third-order valence-electron chi connectivity index (χ3n) is 4.47. The normalized spacial score (nSPS) is 11.0. The average molecular weight is 343 g/mol. The van der Waals surface area contributed by atoms with Crippen molar-refractivity contribution in [2.75, 3.05) is 0 Å². The molecule has 128 valence electrons. The van der Waals surface area contributed by atoms with Crippen LogP contribution in [0.15, 0.2) is 60.9 Å². The Balaban J connectivity index is 2.03. The molecule has 0 spiro atoms. The number of aryl methyl sites for hydroxylation is 2. The quantitative estimate of drug-likeness (QED) is 0.598. The number of hydrogen-bond acceptors (Lipinski definition) is 3. The van der Waals surface area contributed by atoms with Crippen LogP contribution in [-0.4, -0.2) is 25.8 Å². The van der Waals surface area contributed by atoms with Crippen LogP contribution >= 0.6 is 0 Å². The van der Waals surface area contributed by atoms with E-state index in [1.54, 1.807) is 29.2 Å². The van der Waals surface area contributed by atoms with Crippen molar-refractivity contribution >= 4 is 16.9 Å². The Labute approximate surface area is 150 Å². The molecular formula is C21H17N3O2. The van der Waals surface area contributed by atoms with Gasteiger partial charge < -0.3 is 5.11 Å². The first-order valence-corrected chi connectivity index (χ1v) is 8.29. The van der Waals surface area contributed by atoms with Crippen LogP contribution < -0.4 is 0 Å². The predicted octanol–water partition coefficient (Wildman–Crippen LogP) is 4.40. The summed E-state index contributed by atoms with van der Waals surface area (Å²) in [5.74, 6) is -0.974. The lowest BCUT2D eigenvalue weighted by molar-refractivity contribution is 0.0697. The molecule has 0 radical (unpaired) electrons. The maximum absolute atomic E-state index is 11.7. The Morgan fingerprint density at radius 2 is 1.85 bits per heavy atom. The molecule has 0 atom stereocenters. The molecule has 0 aliphatic carbocycles. The van der Waals surface area contributed by atoms with Crippen molar-refractivity contribution in [2.24, 2.45) is 0 Å². The van der Waals surface area contributed by atoms with E-state index in [4.69, 9.17) is 0 Å². The SMILES string of the molecule is Cc1ccc(-c2cc(C(=O)O)cc3c2cnn3-c2ccccc2C)nc1. The first-order chi connectivity index (χ1) is 12.5. The fraction of sp³-hybridized carbons (Fsp3) is 0.0952. The van der Waals surface area contributed by atoms with Crippen molar-refractivity contribution in [3.8, 4) is 16.9 Å². The molecule has 0 aliphatic rings. The van der Waals surface area contributed by atoms with E-state index in [1.807, 2.05) is 50.2 Å². The van der Waals surface area contributed by atoms with Crippen molar-refractivity contribution < 1.29 is 9.90 Å². The fourth-order valence-electron chi connectivity index (χ4n) is 3.08. The highest BCUT2D eigenvalue weighted by molar-refractivity contribution is 6.01. The third-order valence-corrected chi connectivity index (χ3v) is 4.47. The van der Waals surface area contributed by atoms with Gasteiger partial charge in [0.05, 0.1) is 28.7 Å². The van der Waals surface area contributed by atoms with E-state index >= 15 is 0 Å². The molecule has 2 aromatic carbocycles. The Morgan fingerprint density at radius 1 is 1.04 bits per heavy atom. The molecular weight excluding hydrogens is 326 g/mol. The Bertz CT molecular complexity index is 1130. The first kappa shape index (κ1) is 16.0. The van der Waals surface area contributed by atoms with Crippen molar-refractivity contribution in [3.05, 3.63) is 77.6 Å². The summed E-state index contributed by atoms with van der Waals surface area (Å²) in [7, 11) is 0. The van der Waals surface area contributed by atoms with Gasteiger partial charge in [-0.1, -0.05) is 24.3 Å². The second-order valence-electron chi connectivity index (χ2n) is 6.33. The first-order valence-electron chi connectivity index (χ1n) is 8.29. The zero-order valence-electron chi connectivity index (χ0n) is 14.5. The standard InChI is InChI=1S/C21H17N3O2/c1-13-7-8-18(22-11-13)16-9-15(21(25)26)10-20-17(16)12-23-24(20)19-6-4-3-5-14(19)2/h3-12H,1-2H3,(H,25,26). The van der Waals surface area contributed by atoms with E-state index in [2.05, 4.69) is 10.1 Å². The summed E-state index contributed by atoms with van der Waals surface area (Å²) in [5, 5.41) is 15.0. The van der Waals surface area contributed by atoms with Crippen LogP contribution in [0, 0.1) is 13.8 Å². The average Bonchev–Trinajstić information content (AvgIpc) is 3.06. The van der Waals surface area contributed by atoms with E-state index in [9.17, 15) is 9.90 Å². The van der Waals surface area contributed by atoms with Gasteiger partial charge in [0.15, 0.2) is 0 Å². The van der Waals surface area contributed by atoms with Crippen LogP contribution in [0.25, 0.3) is 27.8 Å². The molecule has 4 rings (SSSR count). The van der Waals surface area contributed by atoms with E-state index in [1.165, 1.54) is 0 Å². The van der Waals surface area contributed by atoms with Gasteiger partial charge in [-0.25, -0.2) is 9.48 Å². The molecule has 4 aromatic rings. The highest BCUT2D eigenvalue weighted by atomic mass is 16.4. The van der Waals surface area contributed by atoms with E-state index in [0.29, 0.717) is 0 Å². The number of benzene rings is 2. The van der Waals surface area contributed by atoms with Gasteiger partial charge in [-0.2, -0.15) is 5.10 Å². The maximum atomic E-state index is 11.7. The molecule has 0 unspecified atom stereocenters. The number of aromatic nitrogens is 3. The van der Waals surface area contributed by atoms with Crippen LogP contribution in [0.1, 0.15) is 21.5 Å². The number of fused-ring (bicyclic) bond motifs is 1. The lowest BCUT2D eigenvalue weighted by atomic mass is 10.0. The van der Waals surface area contributed by atoms with Crippen LogP contribution in [0.4, 0.5) is 0 Å². The van der Waals surface area contributed by atoms with E-state index in [-0.39, 0.29) is 5.56 Å². The van der Waals surface area contributed by atoms with Crippen molar-refractivity contribution in [2.45, 2.75) is 13.8 Å². The molecule has 0 aliphatic heterocycles. The summed E-state index contributed by atoms with van der Waals surface area (Å²) < 4.78 is 1.79. The predicted molar refractivity (Wildman–Crippen MR) is 101 cm³/mol. The number of carboxylic acids is 1. The van der Waals surface area contributed by atoms with Crippen LogP contribution in [0.5, 0.6) is 0 Å². The number of hydrogen-bond donors (Lipinski definition) is 1. The van der Waals surface area contributed by atoms with Gasteiger partial charge in [0.25, 0.3) is 0 Å². The lowest BCUT2D eigenvalue weighted by Crippen LogP contribution is -2.01. The Morgan fingerprint density at radius 3 is 2.54 bits per heavy atom. The molecule has 5 nitrogen and oxygen atoms in total. The summed E-state index contributed by atoms with van der Waals surface area (Å²) in [5.41, 5.74) is 5.49. The topological polar surface area (TPSA) is 68.0 Å². The van der Waals surface area contributed by atoms with Gasteiger partial charge in [0.1, 0.15) is 0 Å². The summed E-state index contributed by atoms with van der Waals surface area (Å²) >= 11 is 0. The number of para-hydroxylation sites is 1. The van der Waals surface area contributed by atoms with Gasteiger partial charge in [-0.05, 0) is 49.2 Å². The molecule has 0 saturated carbocycles. The number of pyridine rings is 1. The van der Waals surface area contributed by atoms with E-state index < -0.39 is 5.97 Å².